The van der Waals surface area contributed by atoms with Gasteiger partial charge in [-0.15, -0.1) is 0 Å². The molecular formula is C47H44ClF3N8O5. The highest BCUT2D eigenvalue weighted by atomic mass is 35.5. The van der Waals surface area contributed by atoms with Crippen LogP contribution in [-0.4, -0.2) is 71.0 Å². The van der Waals surface area contributed by atoms with Crippen LogP contribution in [0.25, 0.3) is 22.3 Å². The molecule has 1 saturated carbocycles. The summed E-state index contributed by atoms with van der Waals surface area (Å²) in [6.07, 6.45) is 9.25. The topological polar surface area (TPSA) is 183 Å². The molecule has 6 aromatic rings. The molecule has 5 heterocycles. The number of hydrogen-bond acceptors (Lipinski definition) is 10. The highest BCUT2D eigenvalue weighted by molar-refractivity contribution is 6.31. The fourth-order valence-electron chi connectivity index (χ4n) is 7.92. The molecule has 0 bridgehead atoms. The smallest absolute Gasteiger partial charge is 0.433 e. The van der Waals surface area contributed by atoms with E-state index in [9.17, 15) is 27.6 Å². The number of benzene rings is 2. The van der Waals surface area contributed by atoms with E-state index < -0.39 is 29.7 Å². The van der Waals surface area contributed by atoms with Crippen LogP contribution in [0.2, 0.25) is 5.02 Å². The van der Waals surface area contributed by atoms with Crippen LogP contribution in [0.3, 0.4) is 0 Å². The molecule has 4 aromatic heterocycles. The largest absolute Gasteiger partial charge is 0.481 e. The summed E-state index contributed by atoms with van der Waals surface area (Å²) < 4.78 is 37.9. The van der Waals surface area contributed by atoms with Gasteiger partial charge in [0.05, 0.1) is 16.9 Å². The van der Waals surface area contributed by atoms with Gasteiger partial charge in [0.2, 0.25) is 5.95 Å². The van der Waals surface area contributed by atoms with Crippen molar-refractivity contribution in [3.8, 4) is 22.3 Å². The van der Waals surface area contributed by atoms with Crippen molar-refractivity contribution >= 4 is 52.7 Å². The van der Waals surface area contributed by atoms with Crippen molar-refractivity contribution in [2.24, 2.45) is 5.92 Å². The molecule has 0 unspecified atom stereocenters. The van der Waals surface area contributed by atoms with Crippen LogP contribution in [0.1, 0.15) is 73.6 Å². The van der Waals surface area contributed by atoms with Gasteiger partial charge in [-0.2, -0.15) is 13.2 Å². The fraction of sp³-hybridized carbons (Fsp3) is 0.277. The Balaban J connectivity index is 0.000000193. The summed E-state index contributed by atoms with van der Waals surface area (Å²) in [6, 6.07) is 25.9. The summed E-state index contributed by atoms with van der Waals surface area (Å²) in [5, 5.41) is 24.4. The van der Waals surface area contributed by atoms with Gasteiger partial charge in [-0.25, -0.2) is 29.7 Å². The lowest BCUT2D eigenvalue weighted by molar-refractivity contribution is -0.156. The van der Waals surface area contributed by atoms with E-state index in [2.05, 4.69) is 59.8 Å². The molecule has 330 valence electrons. The number of carbonyl (C=O) groups is 3. The fourth-order valence-corrected chi connectivity index (χ4v) is 8.03. The van der Waals surface area contributed by atoms with Crippen molar-refractivity contribution in [3.05, 3.63) is 138 Å². The number of nitrogens with zero attached hydrogens (tertiary/aromatic N) is 6. The maximum absolute atomic E-state index is 12.6. The zero-order valence-electron chi connectivity index (χ0n) is 34.4. The summed E-state index contributed by atoms with van der Waals surface area (Å²) in [6.45, 7) is 0.842. The lowest BCUT2D eigenvalue weighted by Gasteiger charge is -2.31. The van der Waals surface area contributed by atoms with Crippen LogP contribution in [-0.2, 0) is 20.6 Å². The zero-order chi connectivity index (χ0) is 45.2. The first-order valence-electron chi connectivity index (χ1n) is 20.7. The molecule has 13 nitrogen and oxygen atoms in total. The van der Waals surface area contributed by atoms with Crippen LogP contribution in [0, 0.1) is 5.92 Å². The van der Waals surface area contributed by atoms with E-state index in [0.717, 1.165) is 65.8 Å². The van der Waals surface area contributed by atoms with E-state index in [4.69, 9.17) is 21.8 Å². The second-order valence-corrected chi connectivity index (χ2v) is 16.1. The van der Waals surface area contributed by atoms with Gasteiger partial charge < -0.3 is 25.7 Å². The number of nitrogens with one attached hydrogen (secondary N) is 2. The Hall–Kier alpha value is -6.94. The first-order chi connectivity index (χ1) is 30.8. The molecule has 1 aliphatic heterocycles. The van der Waals surface area contributed by atoms with Gasteiger partial charge in [0.1, 0.15) is 17.3 Å². The SMILES string of the molecule is O=C(O)C(=O)N1CCC(c2ccc(-c3ccc(Nc4ccc(C(F)(F)F)nc4)nc3)cc2)CC1.O=C(O)CC1CCC(c2ccc(-c3cnc(Nc4ccc(Cl)cn4)nc3)cc2)CC1. The monoisotopic (exact) mass is 892 g/mol. The first-order valence-corrected chi connectivity index (χ1v) is 21.1. The molecule has 4 N–H and O–H groups in total. The predicted octanol–water partition coefficient (Wildman–Crippen LogP) is 10.4. The van der Waals surface area contributed by atoms with Crippen LogP contribution < -0.4 is 10.6 Å². The first kappa shape index (κ1) is 45.1. The number of halogens is 4. The Morgan fingerprint density at radius 1 is 0.609 bits per heavy atom. The van der Waals surface area contributed by atoms with Crippen LogP contribution in [0.4, 0.5) is 36.4 Å². The normalized spacial score (nSPS) is 16.5. The van der Waals surface area contributed by atoms with Crippen molar-refractivity contribution in [1.82, 2.24) is 29.8 Å². The van der Waals surface area contributed by atoms with Crippen molar-refractivity contribution in [2.45, 2.75) is 63.0 Å². The third kappa shape index (κ3) is 12.2. The number of alkyl halides is 3. The highest BCUT2D eigenvalue weighted by Gasteiger charge is 2.32. The molecule has 0 radical (unpaired) electrons. The molecule has 2 fully saturated rings. The molecule has 1 aliphatic carbocycles. The molecule has 17 heteroatoms. The highest BCUT2D eigenvalue weighted by Crippen LogP contribution is 2.38. The number of aliphatic carboxylic acids is 2. The standard InChI is InChI=1S/C24H21F3N4O3.C23H23ClN4O2/c25-24(26,27)20-7-6-19(14-28-20)30-21-8-5-18(13-29-21)16-3-1-15(2-4-16)17-9-11-31(12-10-17)22(32)23(33)34;24-20-9-10-21(25-14-20)28-23-26-12-19(13-27-23)18-7-5-17(6-8-18)16-3-1-15(2-4-16)11-22(29)30/h1-8,13-14,17H,9-12H2,(H,29,30)(H,33,34);5-10,12-16H,1-4,11H2,(H,29,30)(H,25,26,27,28). The minimum absolute atomic E-state index is 0.258. The van der Waals surface area contributed by atoms with Crippen LogP contribution >= 0.6 is 11.6 Å². The van der Waals surface area contributed by atoms with Crippen molar-refractivity contribution in [1.29, 1.82) is 0 Å². The molecule has 2 aromatic carbocycles. The second kappa shape index (κ2) is 20.5. The molecule has 1 saturated heterocycles. The number of pyridine rings is 3. The Morgan fingerprint density at radius 2 is 1.16 bits per heavy atom. The molecule has 1 amide bonds. The summed E-state index contributed by atoms with van der Waals surface area (Å²) in [7, 11) is 0. The maximum atomic E-state index is 12.6. The van der Waals surface area contributed by atoms with Gasteiger partial charge >= 0.3 is 24.0 Å². The number of likely N-dealkylation sites (tertiary alicyclic amines) is 1. The molecule has 0 atom stereocenters. The molecular weight excluding hydrogens is 849 g/mol. The third-order valence-electron chi connectivity index (χ3n) is 11.4. The van der Waals surface area contributed by atoms with E-state index in [0.29, 0.717) is 72.5 Å². The minimum Gasteiger partial charge on any atom is -0.481 e. The number of carboxylic acids is 2. The minimum atomic E-state index is -4.48. The molecule has 64 heavy (non-hydrogen) atoms. The van der Waals surface area contributed by atoms with Crippen LogP contribution in [0.5, 0.6) is 0 Å². The van der Waals surface area contributed by atoms with Crippen LogP contribution in [0.15, 0.2) is 116 Å². The average Bonchev–Trinajstić information content (AvgIpc) is 3.30. The van der Waals surface area contributed by atoms with Gasteiger partial charge in [0, 0.05) is 55.4 Å². The van der Waals surface area contributed by atoms with E-state index in [1.54, 1.807) is 43.0 Å². The number of carboxylic acid groups (broad SMARTS) is 2. The summed E-state index contributed by atoms with van der Waals surface area (Å²) in [5.41, 5.74) is 5.74. The van der Waals surface area contributed by atoms with Gasteiger partial charge in [0.15, 0.2) is 0 Å². The summed E-state index contributed by atoms with van der Waals surface area (Å²) >= 11 is 5.85. The van der Waals surface area contributed by atoms with E-state index in [1.807, 2.05) is 30.3 Å². The van der Waals surface area contributed by atoms with Crippen molar-refractivity contribution in [3.63, 3.8) is 0 Å². The number of rotatable bonds is 10. The van der Waals surface area contributed by atoms with Crippen molar-refractivity contribution in [2.75, 3.05) is 23.7 Å². The maximum Gasteiger partial charge on any atom is 0.433 e. The Labute approximate surface area is 371 Å². The van der Waals surface area contributed by atoms with Gasteiger partial charge in [-0.05, 0) is 115 Å². The predicted molar refractivity (Wildman–Crippen MR) is 235 cm³/mol. The molecule has 0 spiro atoms. The number of carbonyl (C=O) groups excluding carboxylic acids is 1. The lowest BCUT2D eigenvalue weighted by atomic mass is 9.77. The lowest BCUT2D eigenvalue weighted by Crippen LogP contribution is -2.41. The van der Waals surface area contributed by atoms with Gasteiger partial charge in [0.25, 0.3) is 0 Å². The number of amides is 1. The number of piperidine rings is 1. The number of hydrogen-bond donors (Lipinski definition) is 4. The average molecular weight is 893 g/mol. The van der Waals surface area contributed by atoms with E-state index in [1.165, 1.54) is 16.5 Å². The zero-order valence-corrected chi connectivity index (χ0v) is 35.1. The third-order valence-corrected chi connectivity index (χ3v) is 11.6. The van der Waals surface area contributed by atoms with Gasteiger partial charge in [-0.3, -0.25) is 9.59 Å². The van der Waals surface area contributed by atoms with Gasteiger partial charge in [-0.1, -0.05) is 60.1 Å². The van der Waals surface area contributed by atoms with E-state index in [-0.39, 0.29) is 5.92 Å². The summed E-state index contributed by atoms with van der Waals surface area (Å²) in [5.74, 6) is -0.279. The Morgan fingerprint density at radius 3 is 1.67 bits per heavy atom. The summed E-state index contributed by atoms with van der Waals surface area (Å²) in [4.78, 5) is 55.4. The number of anilines is 4. The Bertz CT molecular complexity index is 2500. The second-order valence-electron chi connectivity index (χ2n) is 15.7. The number of aromatic nitrogens is 5. The van der Waals surface area contributed by atoms with Crippen molar-refractivity contribution < 1.29 is 37.8 Å². The molecule has 2 aliphatic rings. The Kier molecular flexibility index (Phi) is 14.4. The quantitative estimate of drug-likeness (QED) is 0.0956. The van der Waals surface area contributed by atoms with E-state index >= 15 is 0 Å². The molecule has 8 rings (SSSR count).